The van der Waals surface area contributed by atoms with Gasteiger partial charge < -0.3 is 5.32 Å². The molecule has 1 N–H and O–H groups in total. The molecule has 0 fully saturated rings. The Hall–Kier alpha value is -1.90. The summed E-state index contributed by atoms with van der Waals surface area (Å²) in [4.78, 5) is 3.54. The Bertz CT molecular complexity index is 471. The standard InChI is InChI=1S/C14H15FN2/c1-2-13(11-6-4-3-5-7-11)17-12-8-9-16-14(15)10-12/h3-10,13H,2H2,1H3,(H,16,17). The summed E-state index contributed by atoms with van der Waals surface area (Å²) < 4.78 is 13.0. The zero-order valence-electron chi connectivity index (χ0n) is 9.73. The summed E-state index contributed by atoms with van der Waals surface area (Å²) in [7, 11) is 0. The van der Waals surface area contributed by atoms with Gasteiger partial charge in [0.25, 0.3) is 0 Å². The lowest BCUT2D eigenvalue weighted by Gasteiger charge is -2.18. The first-order valence-electron chi connectivity index (χ1n) is 5.72. The Morgan fingerprint density at radius 1 is 1.24 bits per heavy atom. The Morgan fingerprint density at radius 3 is 2.65 bits per heavy atom. The number of rotatable bonds is 4. The van der Waals surface area contributed by atoms with Crippen molar-refractivity contribution < 1.29 is 4.39 Å². The lowest BCUT2D eigenvalue weighted by Crippen LogP contribution is -2.09. The molecule has 0 aliphatic heterocycles. The van der Waals surface area contributed by atoms with E-state index >= 15 is 0 Å². The van der Waals surface area contributed by atoms with Crippen LogP contribution in [0.25, 0.3) is 0 Å². The third-order valence-corrected chi connectivity index (χ3v) is 2.68. The Balaban J connectivity index is 2.16. The number of hydrogen-bond donors (Lipinski definition) is 1. The molecule has 2 nitrogen and oxygen atoms in total. The fourth-order valence-corrected chi connectivity index (χ4v) is 1.80. The van der Waals surface area contributed by atoms with Gasteiger partial charge in [-0.25, -0.2) is 4.98 Å². The van der Waals surface area contributed by atoms with Gasteiger partial charge in [0.15, 0.2) is 0 Å². The van der Waals surface area contributed by atoms with Crippen LogP contribution in [0.5, 0.6) is 0 Å². The Morgan fingerprint density at radius 2 is 2.00 bits per heavy atom. The molecule has 1 unspecified atom stereocenters. The first-order valence-corrected chi connectivity index (χ1v) is 5.72. The third kappa shape index (κ3) is 3.03. The van der Waals surface area contributed by atoms with E-state index in [0.717, 1.165) is 12.1 Å². The van der Waals surface area contributed by atoms with Crippen LogP contribution in [0.1, 0.15) is 24.9 Å². The first kappa shape index (κ1) is 11.6. The summed E-state index contributed by atoms with van der Waals surface area (Å²) in [5.74, 6) is -0.460. The highest BCUT2D eigenvalue weighted by atomic mass is 19.1. The van der Waals surface area contributed by atoms with Crippen molar-refractivity contribution >= 4 is 5.69 Å². The van der Waals surface area contributed by atoms with Gasteiger partial charge in [0.05, 0.1) is 6.04 Å². The quantitative estimate of drug-likeness (QED) is 0.808. The van der Waals surface area contributed by atoms with E-state index in [9.17, 15) is 4.39 Å². The molecule has 0 aliphatic rings. The average Bonchev–Trinajstić information content (AvgIpc) is 2.37. The van der Waals surface area contributed by atoms with Crippen LogP contribution in [0.2, 0.25) is 0 Å². The predicted molar refractivity (Wildman–Crippen MR) is 67.3 cm³/mol. The number of aromatic nitrogens is 1. The molecule has 0 radical (unpaired) electrons. The Kier molecular flexibility index (Phi) is 3.70. The largest absolute Gasteiger partial charge is 0.378 e. The number of nitrogens with zero attached hydrogens (tertiary/aromatic N) is 1. The van der Waals surface area contributed by atoms with Crippen LogP contribution in [-0.2, 0) is 0 Å². The van der Waals surface area contributed by atoms with Gasteiger partial charge in [-0.05, 0) is 18.1 Å². The van der Waals surface area contributed by atoms with Crippen LogP contribution in [0.3, 0.4) is 0 Å². The van der Waals surface area contributed by atoms with Gasteiger partial charge in [-0.2, -0.15) is 4.39 Å². The van der Waals surface area contributed by atoms with Crippen molar-refractivity contribution in [2.45, 2.75) is 19.4 Å². The van der Waals surface area contributed by atoms with Crippen molar-refractivity contribution in [2.75, 3.05) is 5.32 Å². The van der Waals surface area contributed by atoms with Crippen molar-refractivity contribution in [1.29, 1.82) is 0 Å². The molecule has 1 aromatic heterocycles. The molecule has 3 heteroatoms. The van der Waals surface area contributed by atoms with Crippen LogP contribution in [0, 0.1) is 5.95 Å². The maximum Gasteiger partial charge on any atom is 0.214 e. The van der Waals surface area contributed by atoms with E-state index < -0.39 is 5.95 Å². The van der Waals surface area contributed by atoms with Crippen molar-refractivity contribution in [3.05, 3.63) is 60.2 Å². The van der Waals surface area contributed by atoms with Crippen LogP contribution < -0.4 is 5.32 Å². The van der Waals surface area contributed by atoms with E-state index in [4.69, 9.17) is 0 Å². The lowest BCUT2D eigenvalue weighted by atomic mass is 10.0. The summed E-state index contributed by atoms with van der Waals surface area (Å²) in [6.45, 7) is 2.10. The Labute approximate surface area is 101 Å². The highest BCUT2D eigenvalue weighted by Gasteiger charge is 2.08. The summed E-state index contributed by atoms with van der Waals surface area (Å²) in [6, 6.07) is 13.5. The molecule has 0 saturated heterocycles. The maximum absolute atomic E-state index is 13.0. The van der Waals surface area contributed by atoms with Gasteiger partial charge in [-0.15, -0.1) is 0 Å². The van der Waals surface area contributed by atoms with E-state index in [0.29, 0.717) is 0 Å². The molecule has 0 spiro atoms. The summed E-state index contributed by atoms with van der Waals surface area (Å²) >= 11 is 0. The number of halogens is 1. The van der Waals surface area contributed by atoms with Crippen molar-refractivity contribution in [3.63, 3.8) is 0 Å². The smallest absolute Gasteiger partial charge is 0.214 e. The molecule has 0 bridgehead atoms. The van der Waals surface area contributed by atoms with Crippen LogP contribution in [-0.4, -0.2) is 4.98 Å². The molecular formula is C14H15FN2. The average molecular weight is 230 g/mol. The maximum atomic E-state index is 13.0. The fourth-order valence-electron chi connectivity index (χ4n) is 1.80. The fraction of sp³-hybridized carbons (Fsp3) is 0.214. The molecular weight excluding hydrogens is 215 g/mol. The van der Waals surface area contributed by atoms with Crippen LogP contribution >= 0.6 is 0 Å². The second-order valence-electron chi connectivity index (χ2n) is 3.88. The second-order valence-corrected chi connectivity index (χ2v) is 3.88. The van der Waals surface area contributed by atoms with Gasteiger partial charge in [0, 0.05) is 18.0 Å². The van der Waals surface area contributed by atoms with E-state index in [2.05, 4.69) is 29.4 Å². The van der Waals surface area contributed by atoms with Gasteiger partial charge in [-0.3, -0.25) is 0 Å². The van der Waals surface area contributed by atoms with Gasteiger partial charge in [0.2, 0.25) is 5.95 Å². The van der Waals surface area contributed by atoms with Crippen LogP contribution in [0.4, 0.5) is 10.1 Å². The minimum absolute atomic E-state index is 0.193. The van der Waals surface area contributed by atoms with Crippen molar-refractivity contribution in [3.8, 4) is 0 Å². The molecule has 0 aliphatic carbocycles. The molecule has 1 aromatic carbocycles. The van der Waals surface area contributed by atoms with E-state index in [1.165, 1.54) is 17.8 Å². The number of pyridine rings is 1. The first-order chi connectivity index (χ1) is 8.29. The van der Waals surface area contributed by atoms with E-state index in [-0.39, 0.29) is 6.04 Å². The topological polar surface area (TPSA) is 24.9 Å². The minimum atomic E-state index is -0.460. The van der Waals surface area contributed by atoms with Crippen molar-refractivity contribution in [1.82, 2.24) is 4.98 Å². The van der Waals surface area contributed by atoms with Gasteiger partial charge >= 0.3 is 0 Å². The molecule has 0 amide bonds. The molecule has 1 heterocycles. The van der Waals surface area contributed by atoms with E-state index in [1.807, 2.05) is 18.2 Å². The minimum Gasteiger partial charge on any atom is -0.378 e. The number of benzene rings is 1. The van der Waals surface area contributed by atoms with Crippen molar-refractivity contribution in [2.24, 2.45) is 0 Å². The summed E-state index contributed by atoms with van der Waals surface area (Å²) in [5.41, 5.74) is 1.96. The van der Waals surface area contributed by atoms with Gasteiger partial charge in [-0.1, -0.05) is 37.3 Å². The van der Waals surface area contributed by atoms with Crippen LogP contribution in [0.15, 0.2) is 48.7 Å². The highest BCUT2D eigenvalue weighted by Crippen LogP contribution is 2.22. The SMILES string of the molecule is CCC(Nc1ccnc(F)c1)c1ccccc1. The molecule has 1 atom stereocenters. The number of anilines is 1. The van der Waals surface area contributed by atoms with E-state index in [1.54, 1.807) is 6.07 Å². The molecule has 2 aromatic rings. The third-order valence-electron chi connectivity index (χ3n) is 2.68. The summed E-state index contributed by atoms with van der Waals surface area (Å²) in [5, 5.41) is 3.31. The zero-order chi connectivity index (χ0) is 12.1. The lowest BCUT2D eigenvalue weighted by molar-refractivity contribution is 0.583. The molecule has 0 saturated carbocycles. The second kappa shape index (κ2) is 5.43. The number of nitrogens with one attached hydrogen (secondary N) is 1. The predicted octanol–water partition coefficient (Wildman–Crippen LogP) is 3.78. The van der Waals surface area contributed by atoms with Gasteiger partial charge in [0.1, 0.15) is 0 Å². The number of hydrogen-bond acceptors (Lipinski definition) is 2. The normalized spacial score (nSPS) is 12.1. The molecule has 2 rings (SSSR count). The summed E-state index contributed by atoms with van der Waals surface area (Å²) in [6.07, 6.45) is 2.41. The zero-order valence-corrected chi connectivity index (χ0v) is 9.73. The highest BCUT2D eigenvalue weighted by molar-refractivity contribution is 5.44. The monoisotopic (exact) mass is 230 g/mol. The molecule has 17 heavy (non-hydrogen) atoms. The molecule has 88 valence electrons.